The number of nitrogens with one attached hydrogen (secondary N) is 1. The van der Waals surface area contributed by atoms with Crippen LogP contribution in [-0.2, 0) is 11.2 Å². The van der Waals surface area contributed by atoms with Crippen LogP contribution < -0.4 is 5.32 Å². The molecule has 0 aromatic heterocycles. The van der Waals surface area contributed by atoms with Crippen molar-refractivity contribution in [1.82, 2.24) is 5.32 Å². The van der Waals surface area contributed by atoms with E-state index in [0.717, 1.165) is 11.1 Å². The standard InChI is InChI=1S/C14H20ClNO/c1-10-5-6-11(2)12(7-10)8-13(17)16-14(3,4)9-15/h5-7H,8-9H2,1-4H3,(H,16,17). The van der Waals surface area contributed by atoms with E-state index in [4.69, 9.17) is 11.6 Å². The third-order valence-corrected chi connectivity index (χ3v) is 3.34. The van der Waals surface area contributed by atoms with E-state index >= 15 is 0 Å². The first kappa shape index (κ1) is 14.0. The highest BCUT2D eigenvalue weighted by atomic mass is 35.5. The molecule has 0 unspecified atom stereocenters. The summed E-state index contributed by atoms with van der Waals surface area (Å²) in [6, 6.07) is 6.16. The molecule has 0 radical (unpaired) electrons. The first-order valence-corrected chi connectivity index (χ1v) is 6.30. The Balaban J connectivity index is 2.71. The van der Waals surface area contributed by atoms with E-state index in [1.165, 1.54) is 5.56 Å². The van der Waals surface area contributed by atoms with Crippen LogP contribution in [-0.4, -0.2) is 17.3 Å². The second-order valence-corrected chi connectivity index (χ2v) is 5.44. The van der Waals surface area contributed by atoms with E-state index < -0.39 is 0 Å². The number of benzene rings is 1. The molecule has 0 bridgehead atoms. The van der Waals surface area contributed by atoms with Gasteiger partial charge >= 0.3 is 0 Å². The van der Waals surface area contributed by atoms with Crippen LogP contribution in [0.15, 0.2) is 18.2 Å². The Labute approximate surface area is 108 Å². The van der Waals surface area contributed by atoms with Crippen molar-refractivity contribution in [3.8, 4) is 0 Å². The molecule has 1 aromatic rings. The molecule has 0 heterocycles. The second-order valence-electron chi connectivity index (χ2n) is 5.17. The first-order valence-electron chi connectivity index (χ1n) is 5.77. The molecule has 0 saturated heterocycles. The maximum Gasteiger partial charge on any atom is 0.224 e. The lowest BCUT2D eigenvalue weighted by Gasteiger charge is -2.23. The summed E-state index contributed by atoms with van der Waals surface area (Å²) < 4.78 is 0. The van der Waals surface area contributed by atoms with Gasteiger partial charge in [-0.1, -0.05) is 23.8 Å². The van der Waals surface area contributed by atoms with Crippen LogP contribution in [0.2, 0.25) is 0 Å². The van der Waals surface area contributed by atoms with Crippen molar-refractivity contribution < 1.29 is 4.79 Å². The fourth-order valence-electron chi connectivity index (χ4n) is 1.62. The number of hydrogen-bond acceptors (Lipinski definition) is 1. The molecule has 0 aliphatic rings. The zero-order valence-electron chi connectivity index (χ0n) is 10.9. The number of alkyl halides is 1. The van der Waals surface area contributed by atoms with E-state index in [2.05, 4.69) is 17.4 Å². The molecule has 0 atom stereocenters. The van der Waals surface area contributed by atoms with Crippen molar-refractivity contribution in [2.45, 2.75) is 39.7 Å². The molecule has 1 amide bonds. The third kappa shape index (κ3) is 4.39. The van der Waals surface area contributed by atoms with Crippen molar-refractivity contribution in [2.75, 3.05) is 5.88 Å². The maximum atomic E-state index is 11.9. The molecule has 1 rings (SSSR count). The molecular formula is C14H20ClNO. The molecule has 0 aliphatic heterocycles. The molecule has 2 nitrogen and oxygen atoms in total. The third-order valence-electron chi connectivity index (χ3n) is 2.67. The highest BCUT2D eigenvalue weighted by Gasteiger charge is 2.19. The molecule has 3 heteroatoms. The van der Waals surface area contributed by atoms with Gasteiger partial charge in [0.15, 0.2) is 0 Å². The van der Waals surface area contributed by atoms with Gasteiger partial charge in [0.1, 0.15) is 0 Å². The molecule has 1 N–H and O–H groups in total. The van der Waals surface area contributed by atoms with Crippen LogP contribution in [0.1, 0.15) is 30.5 Å². The first-order chi connectivity index (χ1) is 7.84. The molecule has 0 spiro atoms. The van der Waals surface area contributed by atoms with Gasteiger partial charge in [-0.3, -0.25) is 4.79 Å². The number of carbonyl (C=O) groups excluding carboxylic acids is 1. The fourth-order valence-corrected chi connectivity index (χ4v) is 1.69. The SMILES string of the molecule is Cc1ccc(C)c(CC(=O)NC(C)(C)CCl)c1. The number of amides is 1. The molecule has 17 heavy (non-hydrogen) atoms. The van der Waals surface area contributed by atoms with Gasteiger partial charge in [0.25, 0.3) is 0 Å². The van der Waals surface area contributed by atoms with Gasteiger partial charge < -0.3 is 5.32 Å². The van der Waals surface area contributed by atoms with E-state index in [-0.39, 0.29) is 11.4 Å². The smallest absolute Gasteiger partial charge is 0.224 e. The Kier molecular flexibility index (Phi) is 4.58. The number of carbonyl (C=O) groups is 1. The monoisotopic (exact) mass is 253 g/mol. The molecular weight excluding hydrogens is 234 g/mol. The van der Waals surface area contributed by atoms with E-state index in [0.29, 0.717) is 12.3 Å². The minimum Gasteiger partial charge on any atom is -0.350 e. The predicted octanol–water partition coefficient (Wildman–Crippen LogP) is 2.98. The Morgan fingerprint density at radius 2 is 2.00 bits per heavy atom. The molecule has 0 saturated carbocycles. The van der Waals surface area contributed by atoms with Crippen molar-refractivity contribution in [3.05, 3.63) is 34.9 Å². The number of hydrogen-bond donors (Lipinski definition) is 1. The number of aryl methyl sites for hydroxylation is 2. The van der Waals surface area contributed by atoms with Crippen LogP contribution >= 0.6 is 11.6 Å². The van der Waals surface area contributed by atoms with Crippen molar-refractivity contribution >= 4 is 17.5 Å². The van der Waals surface area contributed by atoms with Gasteiger partial charge in [-0.2, -0.15) is 0 Å². The summed E-state index contributed by atoms with van der Waals surface area (Å²) in [7, 11) is 0. The minimum atomic E-state index is -0.351. The Hall–Kier alpha value is -1.02. The van der Waals surface area contributed by atoms with Gasteiger partial charge in [0, 0.05) is 11.4 Å². The van der Waals surface area contributed by atoms with Crippen LogP contribution in [0.3, 0.4) is 0 Å². The summed E-state index contributed by atoms with van der Waals surface area (Å²) in [4.78, 5) is 11.9. The number of halogens is 1. The summed E-state index contributed by atoms with van der Waals surface area (Å²) in [6.07, 6.45) is 0.411. The normalized spacial score (nSPS) is 11.4. The van der Waals surface area contributed by atoms with Crippen molar-refractivity contribution in [1.29, 1.82) is 0 Å². The summed E-state index contributed by atoms with van der Waals surface area (Å²) in [6.45, 7) is 7.89. The summed E-state index contributed by atoms with van der Waals surface area (Å²) in [5.41, 5.74) is 3.05. The lowest BCUT2D eigenvalue weighted by molar-refractivity contribution is -0.121. The van der Waals surface area contributed by atoms with Crippen LogP contribution in [0.25, 0.3) is 0 Å². The molecule has 1 aromatic carbocycles. The highest BCUT2D eigenvalue weighted by molar-refractivity contribution is 6.18. The molecule has 0 aliphatic carbocycles. The van der Waals surface area contributed by atoms with Gasteiger partial charge in [0.2, 0.25) is 5.91 Å². The maximum absolute atomic E-state index is 11.9. The topological polar surface area (TPSA) is 29.1 Å². The number of rotatable bonds is 4. The Bertz CT molecular complexity index is 413. The largest absolute Gasteiger partial charge is 0.350 e. The second kappa shape index (κ2) is 5.54. The van der Waals surface area contributed by atoms with Gasteiger partial charge in [0.05, 0.1) is 6.42 Å². The minimum absolute atomic E-state index is 0.0179. The quantitative estimate of drug-likeness (QED) is 0.822. The van der Waals surface area contributed by atoms with Crippen LogP contribution in [0.4, 0.5) is 0 Å². The van der Waals surface area contributed by atoms with Crippen molar-refractivity contribution in [3.63, 3.8) is 0 Å². The zero-order chi connectivity index (χ0) is 13.1. The lowest BCUT2D eigenvalue weighted by Crippen LogP contribution is -2.45. The van der Waals surface area contributed by atoms with Crippen LogP contribution in [0, 0.1) is 13.8 Å². The van der Waals surface area contributed by atoms with E-state index in [1.807, 2.05) is 33.8 Å². The van der Waals surface area contributed by atoms with E-state index in [9.17, 15) is 4.79 Å². The summed E-state index contributed by atoms with van der Waals surface area (Å²) >= 11 is 5.78. The van der Waals surface area contributed by atoms with Crippen molar-refractivity contribution in [2.24, 2.45) is 0 Å². The van der Waals surface area contributed by atoms with Gasteiger partial charge in [-0.15, -0.1) is 11.6 Å². The molecule has 0 fully saturated rings. The zero-order valence-corrected chi connectivity index (χ0v) is 11.7. The van der Waals surface area contributed by atoms with Gasteiger partial charge in [-0.25, -0.2) is 0 Å². The highest BCUT2D eigenvalue weighted by Crippen LogP contribution is 2.12. The Morgan fingerprint density at radius 1 is 1.35 bits per heavy atom. The van der Waals surface area contributed by atoms with E-state index in [1.54, 1.807) is 0 Å². The summed E-state index contributed by atoms with van der Waals surface area (Å²) in [5, 5.41) is 2.93. The lowest BCUT2D eigenvalue weighted by atomic mass is 10.0. The fraction of sp³-hybridized carbons (Fsp3) is 0.500. The Morgan fingerprint density at radius 3 is 2.59 bits per heavy atom. The van der Waals surface area contributed by atoms with Crippen LogP contribution in [0.5, 0.6) is 0 Å². The predicted molar refractivity (Wildman–Crippen MR) is 72.6 cm³/mol. The van der Waals surface area contributed by atoms with Gasteiger partial charge in [-0.05, 0) is 38.8 Å². The summed E-state index contributed by atoms with van der Waals surface area (Å²) in [5.74, 6) is 0.426. The molecule has 94 valence electrons. The average Bonchev–Trinajstić information content (AvgIpc) is 2.23. The average molecular weight is 254 g/mol.